The van der Waals surface area contributed by atoms with Gasteiger partial charge in [0, 0.05) is 25.2 Å². The van der Waals surface area contributed by atoms with Crippen molar-refractivity contribution in [3.63, 3.8) is 0 Å². The second-order valence-corrected chi connectivity index (χ2v) is 5.87. The highest BCUT2D eigenvalue weighted by Crippen LogP contribution is 2.28. The number of aromatic nitrogens is 1. The summed E-state index contributed by atoms with van der Waals surface area (Å²) >= 11 is 0. The molecule has 25 heavy (non-hydrogen) atoms. The highest BCUT2D eigenvalue weighted by Gasteiger charge is 2.17. The van der Waals surface area contributed by atoms with Crippen LogP contribution in [-0.2, 0) is 11.3 Å². The number of carbonyl (C=O) groups excluding carboxylic acids is 1. The summed E-state index contributed by atoms with van der Waals surface area (Å²) in [5, 5.41) is 13.6. The van der Waals surface area contributed by atoms with Gasteiger partial charge in [-0.25, -0.2) is 0 Å². The third kappa shape index (κ3) is 3.85. The molecule has 1 aliphatic rings. The maximum Gasteiger partial charge on any atom is 0.285 e. The summed E-state index contributed by atoms with van der Waals surface area (Å²) in [6, 6.07) is 9.70. The van der Waals surface area contributed by atoms with Gasteiger partial charge in [0.15, 0.2) is 0 Å². The number of nitrogens with one attached hydrogen (secondary N) is 1. The minimum atomic E-state index is -0.601. The van der Waals surface area contributed by atoms with E-state index in [1.807, 2.05) is 24.3 Å². The Morgan fingerprint density at radius 3 is 2.60 bits per heavy atom. The Bertz CT molecular complexity index is 856. The maximum absolute atomic E-state index is 12.3. The number of anilines is 2. The molecular weight excluding hydrogens is 324 g/mol. The molecule has 0 saturated carbocycles. The number of hydrogen-bond donors (Lipinski definition) is 1. The second kappa shape index (κ2) is 7.16. The topological polar surface area (TPSA) is 97.5 Å². The van der Waals surface area contributed by atoms with E-state index in [-0.39, 0.29) is 12.2 Å². The van der Waals surface area contributed by atoms with Crippen molar-refractivity contribution in [2.45, 2.75) is 19.4 Å². The van der Waals surface area contributed by atoms with E-state index < -0.39 is 16.4 Å². The Morgan fingerprint density at radius 2 is 1.88 bits per heavy atom. The molecule has 0 atom stereocenters. The van der Waals surface area contributed by atoms with Crippen molar-refractivity contribution in [1.29, 1.82) is 0 Å². The number of nitrogens with zero attached hydrogens (tertiary/aromatic N) is 3. The van der Waals surface area contributed by atoms with Crippen LogP contribution in [0.3, 0.4) is 0 Å². The van der Waals surface area contributed by atoms with Crippen LogP contribution in [0, 0.1) is 10.1 Å². The first-order chi connectivity index (χ1) is 12.0. The van der Waals surface area contributed by atoms with Gasteiger partial charge in [0.25, 0.3) is 11.2 Å². The van der Waals surface area contributed by atoms with E-state index in [1.165, 1.54) is 0 Å². The molecule has 1 fully saturated rings. The molecule has 130 valence electrons. The summed E-state index contributed by atoms with van der Waals surface area (Å²) in [7, 11) is 0. The van der Waals surface area contributed by atoms with E-state index >= 15 is 0 Å². The van der Waals surface area contributed by atoms with E-state index in [4.69, 9.17) is 0 Å². The lowest BCUT2D eigenvalue weighted by Crippen LogP contribution is -2.28. The lowest BCUT2D eigenvalue weighted by atomic mass is 10.2. The number of nitro groups is 1. The second-order valence-electron chi connectivity index (χ2n) is 5.87. The zero-order chi connectivity index (χ0) is 17.8. The van der Waals surface area contributed by atoms with Crippen LogP contribution in [0.5, 0.6) is 0 Å². The fourth-order valence-electron chi connectivity index (χ4n) is 2.91. The number of hydrogen-bond acceptors (Lipinski definition) is 5. The molecule has 0 aliphatic carbocycles. The smallest absolute Gasteiger partial charge is 0.285 e. The molecule has 3 rings (SSSR count). The van der Waals surface area contributed by atoms with E-state index in [1.54, 1.807) is 0 Å². The summed E-state index contributed by atoms with van der Waals surface area (Å²) in [5.74, 6) is -0.408. The summed E-state index contributed by atoms with van der Waals surface area (Å²) in [6.45, 7) is 1.60. The summed E-state index contributed by atoms with van der Waals surface area (Å²) in [5.41, 5.74) is 0.922. The molecule has 1 amide bonds. The van der Waals surface area contributed by atoms with Crippen molar-refractivity contribution in [3.05, 3.63) is 63.1 Å². The fourth-order valence-corrected chi connectivity index (χ4v) is 2.91. The molecule has 0 spiro atoms. The van der Waals surface area contributed by atoms with Gasteiger partial charge in [-0.1, -0.05) is 12.1 Å². The molecule has 1 N–H and O–H groups in total. The van der Waals surface area contributed by atoms with Gasteiger partial charge in [0.2, 0.25) is 5.91 Å². The molecule has 1 aromatic heterocycles. The molecule has 1 aliphatic heterocycles. The van der Waals surface area contributed by atoms with E-state index in [9.17, 15) is 19.7 Å². The molecule has 1 aromatic carbocycles. The van der Waals surface area contributed by atoms with Gasteiger partial charge in [0.1, 0.15) is 6.54 Å². The third-order valence-electron chi connectivity index (χ3n) is 4.12. The van der Waals surface area contributed by atoms with Crippen LogP contribution in [0.15, 0.2) is 47.4 Å². The summed E-state index contributed by atoms with van der Waals surface area (Å²) in [6.07, 6.45) is 3.31. The van der Waals surface area contributed by atoms with Crippen LogP contribution in [-0.4, -0.2) is 28.5 Å². The zero-order valence-electron chi connectivity index (χ0n) is 13.6. The molecule has 0 bridgehead atoms. The van der Waals surface area contributed by atoms with Crippen LogP contribution in [0.2, 0.25) is 0 Å². The molecule has 2 heterocycles. The molecule has 2 aromatic rings. The third-order valence-corrected chi connectivity index (χ3v) is 4.12. The first-order valence-electron chi connectivity index (χ1n) is 8.03. The average Bonchev–Trinajstić information content (AvgIpc) is 3.11. The van der Waals surface area contributed by atoms with Gasteiger partial charge in [0.05, 0.1) is 22.5 Å². The van der Waals surface area contributed by atoms with Crippen molar-refractivity contribution < 1.29 is 9.72 Å². The van der Waals surface area contributed by atoms with E-state index in [0.717, 1.165) is 54.5 Å². The Morgan fingerprint density at radius 1 is 1.16 bits per heavy atom. The summed E-state index contributed by atoms with van der Waals surface area (Å²) < 4.78 is 1.03. The Balaban J connectivity index is 1.77. The average molecular weight is 342 g/mol. The lowest BCUT2D eigenvalue weighted by molar-refractivity contribution is -0.385. The highest BCUT2D eigenvalue weighted by molar-refractivity contribution is 5.94. The molecule has 1 saturated heterocycles. The van der Waals surface area contributed by atoms with Gasteiger partial charge < -0.3 is 10.2 Å². The zero-order valence-corrected chi connectivity index (χ0v) is 13.6. The van der Waals surface area contributed by atoms with Gasteiger partial charge in [-0.2, -0.15) is 0 Å². The number of carbonyl (C=O) groups is 1. The molecular formula is C17H18N4O4. The fraction of sp³-hybridized carbons (Fsp3) is 0.294. The SMILES string of the molecule is O=C(Cn1cc([N+](=O)[O-])ccc1=O)Nc1ccccc1N1CCCC1. The Hall–Kier alpha value is -3.16. The largest absolute Gasteiger partial charge is 0.370 e. The highest BCUT2D eigenvalue weighted by atomic mass is 16.6. The number of benzene rings is 1. The standard InChI is InChI=1S/C17H18N4O4/c22-16(12-20-11-13(21(24)25)7-8-17(20)23)18-14-5-1-2-6-15(14)19-9-3-4-10-19/h1-2,5-8,11H,3-4,9-10,12H2,(H,18,22). The Kier molecular flexibility index (Phi) is 4.78. The van der Waals surface area contributed by atoms with Crippen molar-refractivity contribution in [2.24, 2.45) is 0 Å². The first kappa shape index (κ1) is 16.7. The summed E-state index contributed by atoms with van der Waals surface area (Å²) in [4.78, 5) is 36.6. The lowest BCUT2D eigenvalue weighted by Gasteiger charge is -2.21. The van der Waals surface area contributed by atoms with Crippen molar-refractivity contribution in [1.82, 2.24) is 4.57 Å². The van der Waals surface area contributed by atoms with Crippen molar-refractivity contribution in [3.8, 4) is 0 Å². The minimum Gasteiger partial charge on any atom is -0.370 e. The molecule has 8 nitrogen and oxygen atoms in total. The molecule has 0 radical (unpaired) electrons. The number of amides is 1. The van der Waals surface area contributed by atoms with E-state index in [0.29, 0.717) is 5.69 Å². The van der Waals surface area contributed by atoms with Crippen molar-refractivity contribution >= 4 is 23.0 Å². The minimum absolute atomic E-state index is 0.232. The van der Waals surface area contributed by atoms with Gasteiger partial charge in [-0.05, 0) is 25.0 Å². The van der Waals surface area contributed by atoms with Crippen molar-refractivity contribution in [2.75, 3.05) is 23.3 Å². The number of pyridine rings is 1. The Labute approximate surface area is 143 Å². The number of para-hydroxylation sites is 2. The van der Waals surface area contributed by atoms with E-state index in [2.05, 4.69) is 10.2 Å². The molecule has 0 unspecified atom stereocenters. The van der Waals surface area contributed by atoms with Crippen LogP contribution >= 0.6 is 0 Å². The van der Waals surface area contributed by atoms with Gasteiger partial charge in [-0.3, -0.25) is 24.3 Å². The van der Waals surface area contributed by atoms with Crippen LogP contribution in [0.1, 0.15) is 12.8 Å². The van der Waals surface area contributed by atoms with Gasteiger partial charge >= 0.3 is 0 Å². The van der Waals surface area contributed by atoms with Crippen LogP contribution < -0.4 is 15.8 Å². The predicted octanol–water partition coefficient (Wildman–Crippen LogP) is 2.00. The number of rotatable bonds is 5. The van der Waals surface area contributed by atoms with Crippen LogP contribution in [0.25, 0.3) is 0 Å². The van der Waals surface area contributed by atoms with Crippen LogP contribution in [0.4, 0.5) is 17.1 Å². The monoisotopic (exact) mass is 342 g/mol. The first-order valence-corrected chi connectivity index (χ1v) is 8.03. The predicted molar refractivity (Wildman–Crippen MR) is 93.9 cm³/mol. The van der Waals surface area contributed by atoms with Gasteiger partial charge in [-0.15, -0.1) is 0 Å². The quantitative estimate of drug-likeness (QED) is 0.662. The normalized spacial score (nSPS) is 13.7. The molecule has 8 heteroatoms. The maximum atomic E-state index is 12.3.